The zero-order valence-electron chi connectivity index (χ0n) is 16.0. The van der Waals surface area contributed by atoms with Gasteiger partial charge in [0.05, 0.1) is 0 Å². The van der Waals surface area contributed by atoms with Crippen molar-refractivity contribution < 1.29 is 14.3 Å². The van der Waals surface area contributed by atoms with Crippen LogP contribution in [0.3, 0.4) is 0 Å². The molecule has 2 aliphatic rings. The van der Waals surface area contributed by atoms with Gasteiger partial charge in [-0.3, -0.25) is 9.69 Å². The van der Waals surface area contributed by atoms with Gasteiger partial charge in [0.25, 0.3) is 0 Å². The van der Waals surface area contributed by atoms with Crippen molar-refractivity contribution in [2.24, 2.45) is 0 Å². The van der Waals surface area contributed by atoms with Gasteiger partial charge in [-0.15, -0.1) is 0 Å². The molecule has 5 nitrogen and oxygen atoms in total. The predicted octanol–water partition coefficient (Wildman–Crippen LogP) is 4.97. The summed E-state index contributed by atoms with van der Waals surface area (Å²) in [5.74, 6) is 2.49. The van der Waals surface area contributed by atoms with Crippen LogP contribution in [0.15, 0.2) is 48.7 Å². The molecule has 2 aromatic rings. The Bertz CT molecular complexity index is 829. The number of anilines is 1. The first-order valence-corrected chi connectivity index (χ1v) is 10.1. The van der Waals surface area contributed by atoms with E-state index in [0.717, 1.165) is 35.7 Å². The number of carbonyl (C=O) groups is 1. The Labute approximate surface area is 166 Å². The van der Waals surface area contributed by atoms with Crippen LogP contribution < -0.4 is 14.4 Å². The fourth-order valence-electron chi connectivity index (χ4n) is 3.92. The Morgan fingerprint density at radius 1 is 1.11 bits per heavy atom. The molecule has 1 aromatic heterocycles. The molecule has 5 heteroatoms. The van der Waals surface area contributed by atoms with Crippen LogP contribution in [-0.2, 0) is 4.79 Å². The molecule has 0 unspecified atom stereocenters. The number of hydrogen-bond donors (Lipinski definition) is 0. The van der Waals surface area contributed by atoms with Crippen LogP contribution in [0.1, 0.15) is 50.5 Å². The lowest BCUT2D eigenvalue weighted by atomic mass is 9.94. The predicted molar refractivity (Wildman–Crippen MR) is 109 cm³/mol. The Morgan fingerprint density at radius 3 is 2.79 bits per heavy atom. The third kappa shape index (κ3) is 4.35. The second-order valence-corrected chi connectivity index (χ2v) is 7.30. The Hall–Kier alpha value is -2.82. The molecule has 1 aromatic carbocycles. The monoisotopic (exact) mass is 378 g/mol. The third-order valence-electron chi connectivity index (χ3n) is 5.34. The lowest BCUT2D eigenvalue weighted by Crippen LogP contribution is -2.42. The van der Waals surface area contributed by atoms with E-state index < -0.39 is 0 Å². The molecular weight excluding hydrogens is 352 g/mol. The Balaban J connectivity index is 1.38. The van der Waals surface area contributed by atoms with E-state index in [1.807, 2.05) is 53.5 Å². The highest BCUT2D eigenvalue weighted by atomic mass is 16.7. The maximum Gasteiger partial charge on any atom is 0.231 e. The number of hydrogen-bond acceptors (Lipinski definition) is 4. The second-order valence-electron chi connectivity index (χ2n) is 7.30. The normalized spacial score (nSPS) is 16.4. The minimum atomic E-state index is 0.154. The van der Waals surface area contributed by atoms with E-state index in [-0.39, 0.29) is 18.7 Å². The molecule has 0 spiro atoms. The van der Waals surface area contributed by atoms with Crippen molar-refractivity contribution >= 4 is 17.8 Å². The van der Waals surface area contributed by atoms with Crippen LogP contribution in [0, 0.1) is 0 Å². The number of pyridine rings is 1. The molecule has 0 radical (unpaired) electrons. The van der Waals surface area contributed by atoms with Gasteiger partial charge in [-0.1, -0.05) is 43.5 Å². The minimum Gasteiger partial charge on any atom is -0.454 e. The number of allylic oxidation sites excluding steroid dienone is 1. The molecule has 4 rings (SSSR count). The molecule has 1 aliphatic heterocycles. The van der Waals surface area contributed by atoms with Crippen molar-refractivity contribution in [3.8, 4) is 11.5 Å². The summed E-state index contributed by atoms with van der Waals surface area (Å²) >= 11 is 0. The van der Waals surface area contributed by atoms with E-state index in [4.69, 9.17) is 9.47 Å². The van der Waals surface area contributed by atoms with Crippen molar-refractivity contribution in [2.45, 2.75) is 51.0 Å². The Kier molecular flexibility index (Phi) is 5.90. The van der Waals surface area contributed by atoms with E-state index in [1.165, 1.54) is 19.3 Å². The molecule has 28 heavy (non-hydrogen) atoms. The molecule has 146 valence electrons. The molecule has 1 aliphatic carbocycles. The Morgan fingerprint density at radius 2 is 1.96 bits per heavy atom. The van der Waals surface area contributed by atoms with Crippen molar-refractivity contribution in [1.29, 1.82) is 0 Å². The number of benzene rings is 1. The molecule has 1 saturated carbocycles. The summed E-state index contributed by atoms with van der Waals surface area (Å²) in [6.07, 6.45) is 12.8. The summed E-state index contributed by atoms with van der Waals surface area (Å²) in [4.78, 5) is 19.4. The van der Waals surface area contributed by atoms with E-state index in [9.17, 15) is 4.79 Å². The number of fused-ring (bicyclic) bond motifs is 1. The van der Waals surface area contributed by atoms with Gasteiger partial charge >= 0.3 is 0 Å². The van der Waals surface area contributed by atoms with E-state index in [0.29, 0.717) is 12.8 Å². The lowest BCUT2D eigenvalue weighted by molar-refractivity contribution is -0.119. The van der Waals surface area contributed by atoms with E-state index in [2.05, 4.69) is 4.98 Å². The van der Waals surface area contributed by atoms with E-state index in [1.54, 1.807) is 6.20 Å². The molecule has 0 bridgehead atoms. The molecule has 0 N–H and O–H groups in total. The smallest absolute Gasteiger partial charge is 0.231 e. The van der Waals surface area contributed by atoms with Crippen LogP contribution >= 0.6 is 0 Å². The lowest BCUT2D eigenvalue weighted by Gasteiger charge is -2.33. The van der Waals surface area contributed by atoms with E-state index >= 15 is 0 Å². The molecular formula is C23H26N2O3. The first-order valence-electron chi connectivity index (χ1n) is 10.1. The maximum atomic E-state index is 13.0. The standard InChI is InChI=1S/C23H26N2O3/c26-23(12-5-4-8-18-13-14-20-21(16-18)28-17-27-20)25(19-9-2-1-3-10-19)22-11-6-7-15-24-22/h4,6-8,11,13-16,19H,1-3,5,9-10,12,17H2. The summed E-state index contributed by atoms with van der Waals surface area (Å²) in [5, 5.41) is 0. The second kappa shape index (κ2) is 8.91. The zero-order chi connectivity index (χ0) is 19.2. The van der Waals surface area contributed by atoms with Crippen molar-refractivity contribution in [1.82, 2.24) is 4.98 Å². The maximum absolute atomic E-state index is 13.0. The summed E-state index contributed by atoms with van der Waals surface area (Å²) in [6, 6.07) is 11.9. The van der Waals surface area contributed by atoms with Crippen LogP contribution in [0.5, 0.6) is 11.5 Å². The van der Waals surface area contributed by atoms with Crippen LogP contribution in [0.25, 0.3) is 6.08 Å². The average Bonchev–Trinajstić information content (AvgIpc) is 3.21. The third-order valence-corrected chi connectivity index (χ3v) is 5.34. The average molecular weight is 378 g/mol. The van der Waals surface area contributed by atoms with Crippen molar-refractivity contribution in [3.63, 3.8) is 0 Å². The highest BCUT2D eigenvalue weighted by Crippen LogP contribution is 2.33. The van der Waals surface area contributed by atoms with Gasteiger partial charge in [0.2, 0.25) is 12.7 Å². The van der Waals surface area contributed by atoms with Gasteiger partial charge in [0.1, 0.15) is 5.82 Å². The fraction of sp³-hybridized carbons (Fsp3) is 0.391. The molecule has 1 amide bonds. The first kappa shape index (κ1) is 18.5. The van der Waals surface area contributed by atoms with Crippen LogP contribution in [0.4, 0.5) is 5.82 Å². The number of amides is 1. The fourth-order valence-corrected chi connectivity index (χ4v) is 3.92. The summed E-state index contributed by atoms with van der Waals surface area (Å²) in [7, 11) is 0. The van der Waals surface area contributed by atoms with Crippen molar-refractivity contribution in [2.75, 3.05) is 11.7 Å². The number of carbonyl (C=O) groups excluding carboxylic acids is 1. The van der Waals surface area contributed by atoms with Gasteiger partial charge in [-0.05, 0) is 49.1 Å². The molecule has 0 atom stereocenters. The molecule has 1 fully saturated rings. The zero-order valence-corrected chi connectivity index (χ0v) is 16.0. The van der Waals surface area contributed by atoms with Gasteiger partial charge in [0, 0.05) is 18.7 Å². The highest BCUT2D eigenvalue weighted by molar-refractivity contribution is 5.93. The first-order chi connectivity index (χ1) is 13.8. The summed E-state index contributed by atoms with van der Waals surface area (Å²) < 4.78 is 10.7. The topological polar surface area (TPSA) is 51.7 Å². The summed E-state index contributed by atoms with van der Waals surface area (Å²) in [5.41, 5.74) is 1.05. The highest BCUT2D eigenvalue weighted by Gasteiger charge is 2.27. The van der Waals surface area contributed by atoms with Crippen molar-refractivity contribution in [3.05, 3.63) is 54.2 Å². The number of nitrogens with zero attached hydrogens (tertiary/aromatic N) is 2. The van der Waals surface area contributed by atoms with Gasteiger partial charge < -0.3 is 9.47 Å². The van der Waals surface area contributed by atoms with Gasteiger partial charge in [0.15, 0.2) is 11.5 Å². The minimum absolute atomic E-state index is 0.154. The quantitative estimate of drug-likeness (QED) is 0.712. The SMILES string of the molecule is O=C(CCC=Cc1ccc2c(c1)OCO2)N(c1ccccn1)C1CCCCC1. The molecule has 0 saturated heterocycles. The number of rotatable bonds is 6. The molecule has 2 heterocycles. The van der Waals surface area contributed by atoms with Crippen LogP contribution in [-0.4, -0.2) is 23.7 Å². The largest absolute Gasteiger partial charge is 0.454 e. The van der Waals surface area contributed by atoms with Crippen LogP contribution in [0.2, 0.25) is 0 Å². The number of ether oxygens (including phenoxy) is 2. The van der Waals surface area contributed by atoms with Gasteiger partial charge in [-0.25, -0.2) is 4.98 Å². The number of aromatic nitrogens is 1. The van der Waals surface area contributed by atoms with Gasteiger partial charge in [-0.2, -0.15) is 0 Å². The summed E-state index contributed by atoms with van der Waals surface area (Å²) in [6.45, 7) is 0.279.